The van der Waals surface area contributed by atoms with Crippen LogP contribution in [0.1, 0.15) is 28.8 Å². The summed E-state index contributed by atoms with van der Waals surface area (Å²) < 4.78 is 37.7. The van der Waals surface area contributed by atoms with Crippen molar-refractivity contribution in [1.29, 1.82) is 0 Å². The number of nitrogens with zero attached hydrogens (tertiary/aromatic N) is 1. The number of hydrogen-bond acceptors (Lipinski definition) is 5. The molecule has 0 aromatic heterocycles. The van der Waals surface area contributed by atoms with Crippen LogP contribution in [0, 0.1) is 0 Å². The van der Waals surface area contributed by atoms with Gasteiger partial charge in [0.1, 0.15) is 5.75 Å². The maximum absolute atomic E-state index is 12.8. The molecule has 0 radical (unpaired) electrons. The van der Waals surface area contributed by atoms with Crippen LogP contribution in [0.15, 0.2) is 53.4 Å². The molecule has 1 N–H and O–H groups in total. The van der Waals surface area contributed by atoms with Crippen molar-refractivity contribution in [1.82, 2.24) is 9.62 Å². The summed E-state index contributed by atoms with van der Waals surface area (Å²) in [6.45, 7) is 1.27. The van der Waals surface area contributed by atoms with Crippen LogP contribution in [-0.4, -0.2) is 52.0 Å². The highest BCUT2D eigenvalue weighted by Gasteiger charge is 2.23. The van der Waals surface area contributed by atoms with Gasteiger partial charge in [0, 0.05) is 37.9 Å². The number of nitrogens with one attached hydrogen (secondary N) is 1. The van der Waals surface area contributed by atoms with E-state index in [1.807, 2.05) is 0 Å². The van der Waals surface area contributed by atoms with Gasteiger partial charge in [-0.15, -0.1) is 0 Å². The zero-order valence-corrected chi connectivity index (χ0v) is 17.4. The second-order valence-electron chi connectivity index (χ2n) is 6.95. The Balaban J connectivity index is 1.75. The van der Waals surface area contributed by atoms with E-state index in [9.17, 15) is 13.2 Å². The van der Waals surface area contributed by atoms with Crippen LogP contribution in [0.5, 0.6) is 5.75 Å². The van der Waals surface area contributed by atoms with Gasteiger partial charge in [0.15, 0.2) is 0 Å². The molecule has 0 aliphatic carbocycles. The number of amides is 1. The molecule has 8 heteroatoms. The molecule has 2 aromatic carbocycles. The topological polar surface area (TPSA) is 84.9 Å². The summed E-state index contributed by atoms with van der Waals surface area (Å²) in [4.78, 5) is 12.7. The Hall–Kier alpha value is -2.42. The summed E-state index contributed by atoms with van der Waals surface area (Å²) in [5, 5.41) is 2.88. The minimum Gasteiger partial charge on any atom is -0.496 e. The maximum Gasteiger partial charge on any atom is 0.251 e. The highest BCUT2D eigenvalue weighted by atomic mass is 32.2. The first kappa shape index (κ1) is 21.3. The third-order valence-electron chi connectivity index (χ3n) is 4.90. The van der Waals surface area contributed by atoms with Crippen molar-refractivity contribution in [2.45, 2.75) is 30.4 Å². The van der Waals surface area contributed by atoms with E-state index in [-0.39, 0.29) is 23.5 Å². The van der Waals surface area contributed by atoms with Crippen molar-refractivity contribution < 1.29 is 22.7 Å². The van der Waals surface area contributed by atoms with E-state index in [1.54, 1.807) is 48.5 Å². The average Bonchev–Trinajstić information content (AvgIpc) is 3.26. The molecule has 1 amide bonds. The number of carbonyl (C=O) groups excluding carboxylic acids is 1. The molecule has 1 saturated heterocycles. The van der Waals surface area contributed by atoms with E-state index in [1.165, 1.54) is 18.5 Å². The van der Waals surface area contributed by atoms with Crippen molar-refractivity contribution in [3.8, 4) is 5.75 Å². The van der Waals surface area contributed by atoms with E-state index in [2.05, 4.69) is 5.32 Å². The van der Waals surface area contributed by atoms with Gasteiger partial charge in [-0.05, 0) is 43.2 Å². The van der Waals surface area contributed by atoms with E-state index < -0.39 is 10.0 Å². The number of sulfonamides is 1. The summed E-state index contributed by atoms with van der Waals surface area (Å²) in [5.41, 5.74) is 1.06. The van der Waals surface area contributed by atoms with E-state index >= 15 is 0 Å². The second kappa shape index (κ2) is 9.39. The van der Waals surface area contributed by atoms with Gasteiger partial charge in [-0.25, -0.2) is 8.42 Å². The lowest BCUT2D eigenvalue weighted by Gasteiger charge is -2.19. The minimum atomic E-state index is -3.66. The van der Waals surface area contributed by atoms with Gasteiger partial charge in [0.2, 0.25) is 10.0 Å². The molecule has 0 bridgehead atoms. The first-order valence-electron chi connectivity index (χ1n) is 9.50. The summed E-state index contributed by atoms with van der Waals surface area (Å²) in [7, 11) is -0.634. The predicted molar refractivity (Wildman–Crippen MR) is 109 cm³/mol. The molecular formula is C21H26N2O5S. The first-order valence-corrected chi connectivity index (χ1v) is 10.9. The monoisotopic (exact) mass is 418 g/mol. The lowest BCUT2D eigenvalue weighted by atomic mass is 10.1. The second-order valence-corrected chi connectivity index (χ2v) is 8.99. The molecule has 156 valence electrons. The number of carbonyl (C=O) groups is 1. The highest BCUT2D eigenvalue weighted by molar-refractivity contribution is 7.89. The van der Waals surface area contributed by atoms with Crippen LogP contribution in [0.25, 0.3) is 0 Å². The zero-order valence-electron chi connectivity index (χ0n) is 16.6. The number of methoxy groups -OCH3 is 1. The number of ether oxygens (including phenoxy) is 2. The van der Waals surface area contributed by atoms with E-state index in [0.29, 0.717) is 23.4 Å². The molecule has 3 rings (SSSR count). The number of hydrogen-bond donors (Lipinski definition) is 1. The van der Waals surface area contributed by atoms with Gasteiger partial charge in [0.25, 0.3) is 5.91 Å². The zero-order chi connectivity index (χ0) is 20.9. The van der Waals surface area contributed by atoms with Crippen LogP contribution in [-0.2, 0) is 21.3 Å². The standard InChI is InChI=1S/C21H26N2O5S/c1-23(29(25,26)19-8-4-3-5-9-19)15-17-13-16(10-11-20(17)27-2)21(24)22-14-18-7-6-12-28-18/h3-5,8-11,13,18H,6-7,12,14-15H2,1-2H3,(H,22,24)/t18-/m1/s1. The minimum absolute atomic E-state index is 0.0545. The molecule has 0 spiro atoms. The SMILES string of the molecule is COc1ccc(C(=O)NC[C@H]2CCCO2)cc1CN(C)S(=O)(=O)c1ccccc1. The van der Waals surface area contributed by atoms with Crippen LogP contribution in [0.3, 0.4) is 0 Å². The molecule has 1 fully saturated rings. The molecule has 1 aliphatic rings. The van der Waals surface area contributed by atoms with Gasteiger partial charge in [-0.3, -0.25) is 4.79 Å². The molecule has 1 aliphatic heterocycles. The third kappa shape index (κ3) is 5.14. The van der Waals surface area contributed by atoms with Crippen molar-refractivity contribution in [2.75, 3.05) is 27.3 Å². The number of benzene rings is 2. The molecule has 0 unspecified atom stereocenters. The van der Waals surface area contributed by atoms with E-state index in [0.717, 1.165) is 19.4 Å². The summed E-state index contributed by atoms with van der Waals surface area (Å²) in [6, 6.07) is 13.2. The fourth-order valence-corrected chi connectivity index (χ4v) is 4.42. The summed E-state index contributed by atoms with van der Waals surface area (Å²) >= 11 is 0. The maximum atomic E-state index is 12.8. The average molecular weight is 419 g/mol. The van der Waals surface area contributed by atoms with Crippen molar-refractivity contribution >= 4 is 15.9 Å². The van der Waals surface area contributed by atoms with Crippen LogP contribution in [0.4, 0.5) is 0 Å². The normalized spacial score (nSPS) is 16.7. The fraction of sp³-hybridized carbons (Fsp3) is 0.381. The van der Waals surface area contributed by atoms with Gasteiger partial charge >= 0.3 is 0 Å². The smallest absolute Gasteiger partial charge is 0.251 e. The molecule has 1 atom stereocenters. The number of rotatable bonds is 8. The third-order valence-corrected chi connectivity index (χ3v) is 6.72. The molecule has 2 aromatic rings. The quantitative estimate of drug-likeness (QED) is 0.712. The Morgan fingerprint density at radius 3 is 2.66 bits per heavy atom. The van der Waals surface area contributed by atoms with Crippen molar-refractivity contribution in [3.63, 3.8) is 0 Å². The Labute approximate surface area is 171 Å². The predicted octanol–water partition coefficient (Wildman–Crippen LogP) is 2.42. The Bertz CT molecular complexity index is 941. The summed E-state index contributed by atoms with van der Waals surface area (Å²) in [6.07, 6.45) is 2.00. The molecular weight excluding hydrogens is 392 g/mol. The fourth-order valence-electron chi connectivity index (χ4n) is 3.25. The van der Waals surface area contributed by atoms with Crippen LogP contribution in [0.2, 0.25) is 0 Å². The van der Waals surface area contributed by atoms with Gasteiger partial charge in [0.05, 0.1) is 18.1 Å². The van der Waals surface area contributed by atoms with E-state index in [4.69, 9.17) is 9.47 Å². The Kier molecular flexibility index (Phi) is 6.89. The first-order chi connectivity index (χ1) is 13.9. The molecule has 1 heterocycles. The molecule has 0 saturated carbocycles. The van der Waals surface area contributed by atoms with Crippen molar-refractivity contribution in [3.05, 3.63) is 59.7 Å². The highest BCUT2D eigenvalue weighted by Crippen LogP contribution is 2.24. The Morgan fingerprint density at radius 2 is 2.00 bits per heavy atom. The van der Waals surface area contributed by atoms with Crippen molar-refractivity contribution in [2.24, 2.45) is 0 Å². The Morgan fingerprint density at radius 1 is 1.24 bits per heavy atom. The summed E-state index contributed by atoms with van der Waals surface area (Å²) in [5.74, 6) is 0.300. The lowest BCUT2D eigenvalue weighted by molar-refractivity contribution is 0.0857. The largest absolute Gasteiger partial charge is 0.496 e. The van der Waals surface area contributed by atoms with Gasteiger partial charge in [-0.2, -0.15) is 4.31 Å². The van der Waals surface area contributed by atoms with Crippen LogP contribution >= 0.6 is 0 Å². The molecule has 7 nitrogen and oxygen atoms in total. The van der Waals surface area contributed by atoms with Gasteiger partial charge in [-0.1, -0.05) is 18.2 Å². The lowest BCUT2D eigenvalue weighted by Crippen LogP contribution is -2.32. The van der Waals surface area contributed by atoms with Crippen LogP contribution < -0.4 is 10.1 Å². The van der Waals surface area contributed by atoms with Gasteiger partial charge < -0.3 is 14.8 Å². The molecule has 29 heavy (non-hydrogen) atoms.